The summed E-state index contributed by atoms with van der Waals surface area (Å²) in [4.78, 5) is 9.79. The highest BCUT2D eigenvalue weighted by atomic mass is 16.5. The number of nitrogens with one attached hydrogen (secondary N) is 1. The molecular weight excluding hydrogens is 360 g/mol. The molecule has 0 aliphatic carbocycles. The molecule has 1 aromatic carbocycles. The van der Waals surface area contributed by atoms with Gasteiger partial charge in [-0.15, -0.1) is 0 Å². The van der Waals surface area contributed by atoms with Crippen LogP contribution in [0, 0.1) is 0 Å². The summed E-state index contributed by atoms with van der Waals surface area (Å²) in [6, 6.07) is 11.5. The SMILES string of the molecule is CNCCN(C)Cc1cccc(-c2cc(C3=CCOC3)c3c(n2)N(C(C)C)C3)c1. The summed E-state index contributed by atoms with van der Waals surface area (Å²) in [7, 11) is 4.16. The number of benzene rings is 1. The fourth-order valence-corrected chi connectivity index (χ4v) is 4.06. The third-order valence-corrected chi connectivity index (χ3v) is 5.80. The zero-order valence-corrected chi connectivity index (χ0v) is 18.0. The van der Waals surface area contributed by atoms with Crippen LogP contribution in [0.2, 0.25) is 0 Å². The number of nitrogens with zero attached hydrogens (tertiary/aromatic N) is 3. The Bertz CT molecular complexity index is 906. The Balaban J connectivity index is 1.66. The van der Waals surface area contributed by atoms with Crippen molar-refractivity contribution in [2.75, 3.05) is 45.3 Å². The lowest BCUT2D eigenvalue weighted by atomic mass is 9.93. The first-order valence-electron chi connectivity index (χ1n) is 10.6. The Morgan fingerprint density at radius 3 is 2.86 bits per heavy atom. The predicted octanol–water partition coefficient (Wildman–Crippen LogP) is 3.54. The predicted molar refractivity (Wildman–Crippen MR) is 120 cm³/mol. The number of rotatable bonds is 8. The van der Waals surface area contributed by atoms with Gasteiger partial charge in [0.15, 0.2) is 0 Å². The Morgan fingerprint density at radius 1 is 1.28 bits per heavy atom. The zero-order chi connectivity index (χ0) is 20.4. The minimum absolute atomic E-state index is 0.457. The molecule has 0 saturated carbocycles. The maximum absolute atomic E-state index is 5.61. The molecule has 0 spiro atoms. The van der Waals surface area contributed by atoms with Gasteiger partial charge in [-0.2, -0.15) is 0 Å². The van der Waals surface area contributed by atoms with E-state index in [1.807, 2.05) is 7.05 Å². The number of likely N-dealkylation sites (N-methyl/N-ethyl adjacent to an activating group) is 2. The van der Waals surface area contributed by atoms with Crippen LogP contribution in [0.4, 0.5) is 5.82 Å². The van der Waals surface area contributed by atoms with Crippen LogP contribution in [0.1, 0.15) is 30.5 Å². The van der Waals surface area contributed by atoms with Crippen LogP contribution in [0.3, 0.4) is 0 Å². The third kappa shape index (κ3) is 4.22. The summed E-state index contributed by atoms with van der Waals surface area (Å²) in [5.74, 6) is 1.14. The summed E-state index contributed by atoms with van der Waals surface area (Å²) in [6.45, 7) is 9.81. The van der Waals surface area contributed by atoms with Crippen LogP contribution in [-0.2, 0) is 17.8 Å². The molecular formula is C24H32N4O. The minimum atomic E-state index is 0.457. The maximum Gasteiger partial charge on any atom is 0.135 e. The van der Waals surface area contributed by atoms with Gasteiger partial charge in [0.1, 0.15) is 5.82 Å². The van der Waals surface area contributed by atoms with E-state index in [4.69, 9.17) is 9.72 Å². The average Bonchev–Trinajstić information content (AvgIpc) is 3.21. The van der Waals surface area contributed by atoms with Crippen molar-refractivity contribution in [1.82, 2.24) is 15.2 Å². The van der Waals surface area contributed by atoms with Crippen LogP contribution >= 0.6 is 0 Å². The van der Waals surface area contributed by atoms with Gasteiger partial charge in [-0.1, -0.05) is 24.3 Å². The van der Waals surface area contributed by atoms with Crippen molar-refractivity contribution >= 4 is 11.4 Å². The summed E-state index contributed by atoms with van der Waals surface area (Å²) in [6.07, 6.45) is 2.21. The lowest BCUT2D eigenvalue weighted by Crippen LogP contribution is -2.40. The molecule has 29 heavy (non-hydrogen) atoms. The van der Waals surface area contributed by atoms with Gasteiger partial charge in [-0.25, -0.2) is 4.98 Å². The fourth-order valence-electron chi connectivity index (χ4n) is 4.06. The molecule has 5 nitrogen and oxygen atoms in total. The van der Waals surface area contributed by atoms with E-state index >= 15 is 0 Å². The highest BCUT2D eigenvalue weighted by molar-refractivity contribution is 5.81. The van der Waals surface area contributed by atoms with E-state index in [0.717, 1.165) is 37.7 Å². The summed E-state index contributed by atoms with van der Waals surface area (Å²) in [5, 5.41) is 3.21. The number of aromatic nitrogens is 1. The molecule has 0 atom stereocenters. The third-order valence-electron chi connectivity index (χ3n) is 5.80. The monoisotopic (exact) mass is 392 g/mol. The van der Waals surface area contributed by atoms with Gasteiger partial charge in [0.05, 0.1) is 18.9 Å². The van der Waals surface area contributed by atoms with Gasteiger partial charge in [0.2, 0.25) is 0 Å². The smallest absolute Gasteiger partial charge is 0.135 e. The average molecular weight is 393 g/mol. The standard InChI is InChI=1S/C24H32N4O/c1-17(2)28-15-22-21(20-8-11-29-16-20)13-23(26-24(22)28)19-7-5-6-18(12-19)14-27(4)10-9-25-3/h5-8,12-13,17,25H,9-11,14-16H2,1-4H3. The molecule has 2 aliphatic rings. The molecule has 0 amide bonds. The Labute approximate surface area is 174 Å². The lowest BCUT2D eigenvalue weighted by Gasteiger charge is -2.40. The Kier molecular flexibility index (Phi) is 5.99. The highest BCUT2D eigenvalue weighted by Gasteiger charge is 2.31. The molecule has 4 rings (SSSR count). The molecule has 0 saturated heterocycles. The van der Waals surface area contributed by atoms with Crippen LogP contribution in [0.15, 0.2) is 36.4 Å². The van der Waals surface area contributed by atoms with Crippen LogP contribution < -0.4 is 10.2 Å². The van der Waals surface area contributed by atoms with E-state index in [9.17, 15) is 0 Å². The van der Waals surface area contributed by atoms with Gasteiger partial charge >= 0.3 is 0 Å². The first-order chi connectivity index (χ1) is 14.1. The van der Waals surface area contributed by atoms with Crippen molar-refractivity contribution in [3.05, 3.63) is 53.1 Å². The number of anilines is 1. The van der Waals surface area contributed by atoms with Crippen molar-refractivity contribution < 1.29 is 4.74 Å². The molecule has 0 bridgehead atoms. The normalized spacial score (nSPS) is 15.7. The molecule has 1 N–H and O–H groups in total. The molecule has 1 aromatic heterocycles. The largest absolute Gasteiger partial charge is 0.373 e. The summed E-state index contributed by atoms with van der Waals surface area (Å²) < 4.78 is 5.61. The van der Waals surface area contributed by atoms with Gasteiger partial charge in [0.25, 0.3) is 0 Å². The first kappa shape index (κ1) is 20.1. The number of fused-ring (bicyclic) bond motifs is 1. The van der Waals surface area contributed by atoms with E-state index in [-0.39, 0.29) is 0 Å². The van der Waals surface area contributed by atoms with Gasteiger partial charge < -0.3 is 19.9 Å². The molecule has 0 unspecified atom stereocenters. The van der Waals surface area contributed by atoms with Gasteiger partial charge in [-0.05, 0) is 56.8 Å². The second-order valence-electron chi connectivity index (χ2n) is 8.37. The van der Waals surface area contributed by atoms with Crippen molar-refractivity contribution in [3.8, 4) is 11.3 Å². The fraction of sp³-hybridized carbons (Fsp3) is 0.458. The lowest BCUT2D eigenvalue weighted by molar-refractivity contribution is 0.216. The van der Waals surface area contributed by atoms with Gasteiger partial charge in [0, 0.05) is 43.3 Å². The first-order valence-corrected chi connectivity index (χ1v) is 10.6. The number of pyridine rings is 1. The van der Waals surface area contributed by atoms with Crippen molar-refractivity contribution in [2.24, 2.45) is 0 Å². The van der Waals surface area contributed by atoms with Crippen LogP contribution in [0.5, 0.6) is 0 Å². The molecule has 5 heteroatoms. The van der Waals surface area contributed by atoms with E-state index in [1.165, 1.54) is 27.8 Å². The van der Waals surface area contributed by atoms with Crippen molar-refractivity contribution in [2.45, 2.75) is 33.0 Å². The molecule has 0 fully saturated rings. The topological polar surface area (TPSA) is 40.6 Å². The van der Waals surface area contributed by atoms with E-state index in [2.05, 4.69) is 72.4 Å². The summed E-state index contributed by atoms with van der Waals surface area (Å²) >= 11 is 0. The van der Waals surface area contributed by atoms with Crippen molar-refractivity contribution in [1.29, 1.82) is 0 Å². The van der Waals surface area contributed by atoms with Gasteiger partial charge in [-0.3, -0.25) is 0 Å². The number of hydrogen-bond acceptors (Lipinski definition) is 5. The maximum atomic E-state index is 5.61. The minimum Gasteiger partial charge on any atom is -0.373 e. The Hall–Kier alpha value is -2.21. The van der Waals surface area contributed by atoms with Crippen molar-refractivity contribution in [3.63, 3.8) is 0 Å². The van der Waals surface area contributed by atoms with Crippen LogP contribution in [-0.4, -0.2) is 56.3 Å². The van der Waals surface area contributed by atoms with E-state index < -0.39 is 0 Å². The molecule has 2 aliphatic heterocycles. The van der Waals surface area contributed by atoms with E-state index in [0.29, 0.717) is 19.3 Å². The number of ether oxygens (including phenoxy) is 1. The quantitative estimate of drug-likeness (QED) is 0.744. The molecule has 2 aromatic rings. The molecule has 154 valence electrons. The molecule has 0 radical (unpaired) electrons. The van der Waals surface area contributed by atoms with Crippen LogP contribution in [0.25, 0.3) is 16.8 Å². The second-order valence-corrected chi connectivity index (χ2v) is 8.37. The Morgan fingerprint density at radius 2 is 2.14 bits per heavy atom. The molecule has 3 heterocycles. The van der Waals surface area contributed by atoms with E-state index in [1.54, 1.807) is 0 Å². The summed E-state index contributed by atoms with van der Waals surface area (Å²) in [5.41, 5.74) is 7.53. The second kappa shape index (κ2) is 8.66. The zero-order valence-electron chi connectivity index (χ0n) is 18.0. The number of hydrogen-bond donors (Lipinski definition) is 1. The highest BCUT2D eigenvalue weighted by Crippen LogP contribution is 2.41.